The first-order valence-electron chi connectivity index (χ1n) is 44.9. The van der Waals surface area contributed by atoms with E-state index in [1.807, 2.05) is 167 Å². The number of anilines is 1. The summed E-state index contributed by atoms with van der Waals surface area (Å²) in [5.41, 5.74) is 17.8. The monoisotopic (exact) mass is 2060 g/mol. The van der Waals surface area contributed by atoms with E-state index < -0.39 is 11.9 Å². The molecule has 7 aromatic carbocycles. The molecule has 0 spiro atoms. The summed E-state index contributed by atoms with van der Waals surface area (Å²) in [6, 6.07) is 48.3. The van der Waals surface area contributed by atoms with E-state index in [2.05, 4.69) is 132 Å². The highest BCUT2D eigenvalue weighted by atomic mass is 35.5. The van der Waals surface area contributed by atoms with E-state index in [-0.39, 0.29) is 85.0 Å². The molecule has 0 atom stereocenters. The number of nitrogens with one attached hydrogen (secondary N) is 4. The largest absolute Gasteiger partial charge is 0.498 e. The minimum Gasteiger partial charge on any atom is -0.493 e. The molecule has 0 bridgehead atoms. The fourth-order valence-corrected chi connectivity index (χ4v) is 15.8. The molecule has 41 heteroatoms. The van der Waals surface area contributed by atoms with Crippen molar-refractivity contribution in [3.63, 3.8) is 0 Å². The maximum absolute atomic E-state index is 13.4. The number of halogens is 5. The molecule has 4 amide bonds. The van der Waals surface area contributed by atoms with Crippen molar-refractivity contribution in [1.82, 2.24) is 91.8 Å². The van der Waals surface area contributed by atoms with Crippen LogP contribution in [0.15, 0.2) is 183 Å². The van der Waals surface area contributed by atoms with Crippen molar-refractivity contribution in [1.29, 1.82) is 0 Å². The Morgan fingerprint density at radius 2 is 0.674 bits per heavy atom. The van der Waals surface area contributed by atoms with Gasteiger partial charge in [-0.25, -0.2) is 4.79 Å². The summed E-state index contributed by atoms with van der Waals surface area (Å²) in [7, 11) is 16.0. The first-order chi connectivity index (χ1) is 68.7. The Balaban J connectivity index is 0.000000170. The maximum atomic E-state index is 13.4. The molecule has 7 aromatic heterocycles. The summed E-state index contributed by atoms with van der Waals surface area (Å²) in [5, 5.41) is 68.1. The number of carbonyl (C=O) groups is 5. The topological polar surface area (TPSA) is 414 Å². The Morgan fingerprint density at radius 3 is 1.02 bits per heavy atom. The van der Waals surface area contributed by atoms with Gasteiger partial charge in [-0.15, -0.1) is 51.0 Å². The molecule has 5 N–H and O–H groups in total. The van der Waals surface area contributed by atoms with Crippen molar-refractivity contribution in [2.75, 3.05) is 74.9 Å². The summed E-state index contributed by atoms with van der Waals surface area (Å²) < 4.78 is 57.4. The fourth-order valence-electron chi connectivity index (χ4n) is 15.0. The standard InChI is InChI=1S/C26H27N5O3.C26H30N4O3.C22H22ClN3O3.C14H13Cl2N3O3.C10H17BN2O2.C5H2Cl2N2O2/c1-16-8-17(2)10-19(9-16)22-12-21(25(30-29-22)20-14-28-31(3)15-20)26(32)27-13-18-6-7-23(33-4)24(11-18)34-5;1-17-11-18(2)13-20(12-17)22-15-21(25(29-28-22)30-9-5-6-10-30)26(31)27-16-19-7-8-23(32-3)24(14-19)33-4;1-13-7-14(2)9-16(8-13)18-11-17(21(23)26-25-18)22(27)24-12-15-5-6-19(28-3)20(10-15)29-4;1-21-10-4-3-8(5-11(10)22-2)7-17-14(20)9-6-12(15)18-19-13(9)16;1-9(2)10(3,4)15-11(14-9)8-6-12-13(5)7-8;6-3-1-2(5(10)11)4(7)9-8-3/h6-12,14-15H,13H2,1-5H3,(H,27,32);7-8,11-15H,5-6,9-10,16H2,1-4H3,(H,27,31);5-11H,12H2,1-4H3,(H,24,27);3-6H,7H2,1-2H3,(H,17,20);6-7H,1-5H3;1H,(H,10,11). The third kappa shape index (κ3) is 29.5. The molecule has 2 fully saturated rings. The summed E-state index contributed by atoms with van der Waals surface area (Å²) in [5.74, 6) is 3.26. The Kier molecular flexibility index (Phi) is 38.7. The maximum Gasteiger partial charge on any atom is 0.498 e. The van der Waals surface area contributed by atoms with Crippen molar-refractivity contribution in [2.45, 2.75) is 119 Å². The Hall–Kier alpha value is -14.7. The van der Waals surface area contributed by atoms with Gasteiger partial charge in [0.05, 0.1) is 114 Å². The molecule has 0 aliphatic carbocycles. The number of hydrogen-bond donors (Lipinski definition) is 5. The molecule has 2 saturated heterocycles. The van der Waals surface area contributed by atoms with E-state index in [0.29, 0.717) is 105 Å². The van der Waals surface area contributed by atoms with Gasteiger partial charge in [0, 0.05) is 99.7 Å². The van der Waals surface area contributed by atoms with Gasteiger partial charge in [0.2, 0.25) is 0 Å². The second-order valence-electron chi connectivity index (χ2n) is 34.2. The lowest BCUT2D eigenvalue weighted by molar-refractivity contribution is 0.00578. The zero-order valence-electron chi connectivity index (χ0n) is 83.2. The first-order valence-corrected chi connectivity index (χ1v) is 46.8. The number of aryl methyl sites for hydroxylation is 8. The highest BCUT2D eigenvalue weighted by Crippen LogP contribution is 2.39. The molecule has 14 aromatic rings. The molecule has 9 heterocycles. The zero-order chi connectivity index (χ0) is 104. The summed E-state index contributed by atoms with van der Waals surface area (Å²) in [6.07, 6.45) is 9.36. The number of hydrogen-bond acceptors (Lipinski definition) is 28. The van der Waals surface area contributed by atoms with Crippen molar-refractivity contribution in [2.24, 2.45) is 14.1 Å². The minimum absolute atomic E-state index is 0.00536. The molecule has 35 nitrogen and oxygen atoms in total. The van der Waals surface area contributed by atoms with Gasteiger partial charge in [0.1, 0.15) is 11.3 Å². The summed E-state index contributed by atoms with van der Waals surface area (Å²) >= 11 is 28.4. The molecule has 0 unspecified atom stereocenters. The van der Waals surface area contributed by atoms with Crippen LogP contribution in [0.1, 0.15) is 148 Å². The van der Waals surface area contributed by atoms with Gasteiger partial charge in [-0.3, -0.25) is 28.5 Å². The molecule has 0 saturated carbocycles. The van der Waals surface area contributed by atoms with Gasteiger partial charge in [-0.05, 0) is 220 Å². The van der Waals surface area contributed by atoms with Crippen LogP contribution in [0, 0.1) is 41.5 Å². The van der Waals surface area contributed by atoms with Crippen LogP contribution in [0.2, 0.25) is 25.8 Å². The van der Waals surface area contributed by atoms with Gasteiger partial charge in [0.25, 0.3) is 23.6 Å². The second kappa shape index (κ2) is 50.8. The van der Waals surface area contributed by atoms with Crippen LogP contribution in [0.4, 0.5) is 5.82 Å². The number of methoxy groups -OCH3 is 8. The van der Waals surface area contributed by atoms with Crippen LogP contribution in [0.25, 0.3) is 45.0 Å². The fraction of sp³-hybridized carbons (Fsp3) is 0.291. The van der Waals surface area contributed by atoms with Crippen LogP contribution in [-0.2, 0) is 49.6 Å². The van der Waals surface area contributed by atoms with Gasteiger partial charge < -0.3 is 78.5 Å². The predicted octanol–water partition coefficient (Wildman–Crippen LogP) is 17.7. The van der Waals surface area contributed by atoms with Crippen LogP contribution in [0.5, 0.6) is 46.0 Å². The van der Waals surface area contributed by atoms with E-state index in [9.17, 15) is 24.0 Å². The molecule has 0 radical (unpaired) electrons. The molecule has 16 rings (SSSR count). The van der Waals surface area contributed by atoms with E-state index in [1.165, 1.54) is 6.07 Å². The number of aromatic nitrogens is 14. The normalized spacial score (nSPS) is 12.4. The van der Waals surface area contributed by atoms with Crippen molar-refractivity contribution >= 4 is 106 Å². The smallest absolute Gasteiger partial charge is 0.493 e. The number of aromatic carboxylic acids is 1. The Labute approximate surface area is 859 Å². The molecule has 2 aliphatic heterocycles. The van der Waals surface area contributed by atoms with E-state index in [4.69, 9.17) is 110 Å². The summed E-state index contributed by atoms with van der Waals surface area (Å²) in [6.45, 7) is 23.4. The quantitative estimate of drug-likeness (QED) is 0.0298. The number of nitrogens with zero attached hydrogens (tertiary/aromatic N) is 15. The Bertz CT molecular complexity index is 6860. The van der Waals surface area contributed by atoms with Crippen LogP contribution >= 0.6 is 58.0 Å². The first kappa shape index (κ1) is 110. The number of benzene rings is 7. The number of rotatable bonds is 27. The lowest BCUT2D eigenvalue weighted by Crippen LogP contribution is -2.41. The average Bonchev–Trinajstić information content (AvgIpc) is 1.62. The van der Waals surface area contributed by atoms with Crippen LogP contribution < -0.4 is 69.5 Å². The third-order valence-corrected chi connectivity index (χ3v) is 24.0. The number of ether oxygens (including phenoxy) is 8. The molecule has 2 aliphatic rings. The summed E-state index contributed by atoms with van der Waals surface area (Å²) in [4.78, 5) is 64.0. The van der Waals surface area contributed by atoms with E-state index in [1.54, 1.807) is 109 Å². The number of carbonyl (C=O) groups excluding carboxylic acids is 4. The highest BCUT2D eigenvalue weighted by Gasteiger charge is 2.52. The molecule has 144 heavy (non-hydrogen) atoms. The number of carboxylic acid groups (broad SMARTS) is 1. The van der Waals surface area contributed by atoms with E-state index in [0.717, 1.165) is 115 Å². The van der Waals surface area contributed by atoms with Gasteiger partial charge in [0.15, 0.2) is 77.6 Å². The van der Waals surface area contributed by atoms with Gasteiger partial charge >= 0.3 is 13.1 Å². The van der Waals surface area contributed by atoms with Crippen molar-refractivity contribution in [3.8, 4) is 91.0 Å². The second-order valence-corrected chi connectivity index (χ2v) is 36.0. The molecular formula is C103H111BCl5N19O16. The zero-order valence-corrected chi connectivity index (χ0v) is 87.0. The van der Waals surface area contributed by atoms with Crippen LogP contribution in [-0.4, -0.2) is 194 Å². The van der Waals surface area contributed by atoms with Crippen molar-refractivity contribution < 1.29 is 76.3 Å². The third-order valence-electron chi connectivity index (χ3n) is 22.8. The lowest BCUT2D eigenvalue weighted by Gasteiger charge is -2.32. The van der Waals surface area contributed by atoms with Gasteiger partial charge in [-0.1, -0.05) is 134 Å². The number of amides is 4. The molecule has 752 valence electrons. The number of carboxylic acids is 1. The van der Waals surface area contributed by atoms with Gasteiger partial charge in [-0.2, -0.15) is 10.2 Å². The Morgan fingerprint density at radius 1 is 0.361 bits per heavy atom. The SMILES string of the molecule is COc1ccc(CNC(=O)c2cc(-c3cc(C)cc(C)c3)nnc2-c2cnn(C)c2)cc1OC.COc1ccc(CNC(=O)c2cc(-c3cc(C)cc(C)c3)nnc2Cl)cc1OC.COc1ccc(CNC(=O)c2cc(-c3cc(C)cc(C)c3)nnc2N2CCCC2)cc1OC.COc1ccc(CNC(=O)c2cc(Cl)nnc2Cl)cc1OC.Cn1cc(B2OC(C)(C)C(C)(C)O2)cn1.O=C(O)c1cc(Cl)nnc1Cl. The average molecular weight is 2060 g/mol. The van der Waals surface area contributed by atoms with Crippen molar-refractivity contribution in [3.05, 3.63) is 292 Å². The van der Waals surface area contributed by atoms with Crippen LogP contribution in [0.3, 0.4) is 0 Å². The minimum atomic E-state index is -1.17. The highest BCUT2D eigenvalue weighted by molar-refractivity contribution is 6.62. The lowest BCUT2D eigenvalue weighted by atomic mass is 9.82. The molecular weight excluding hydrogens is 1950 g/mol. The predicted molar refractivity (Wildman–Crippen MR) is 552 cm³/mol. The van der Waals surface area contributed by atoms with E-state index >= 15 is 0 Å².